The number of imidazole rings is 1. The number of nitrogens with zero attached hydrogens (tertiary/aromatic N) is 3. The molecular formula is C20H24Cl2N4. The summed E-state index contributed by atoms with van der Waals surface area (Å²) in [5.41, 5.74) is 3.22. The Morgan fingerprint density at radius 1 is 1.04 bits per heavy atom. The fourth-order valence-corrected chi connectivity index (χ4v) is 3.37. The monoisotopic (exact) mass is 390 g/mol. The van der Waals surface area contributed by atoms with Crippen LogP contribution in [0.25, 0.3) is 11.0 Å². The lowest BCUT2D eigenvalue weighted by molar-refractivity contribution is 0.292. The second-order valence-corrected chi connectivity index (χ2v) is 7.02. The normalized spacial score (nSPS) is 11.4. The average Bonchev–Trinajstić information content (AvgIpc) is 3.01. The van der Waals surface area contributed by atoms with Crippen LogP contribution in [0.15, 0.2) is 42.5 Å². The molecule has 0 spiro atoms. The highest BCUT2D eigenvalue weighted by Gasteiger charge is 2.11. The molecular weight excluding hydrogens is 367 g/mol. The summed E-state index contributed by atoms with van der Waals surface area (Å²) in [7, 11) is 0. The minimum atomic E-state index is 0.570. The molecule has 1 aromatic heterocycles. The van der Waals surface area contributed by atoms with Gasteiger partial charge in [0.2, 0.25) is 5.95 Å². The molecule has 0 bridgehead atoms. The average molecular weight is 391 g/mol. The first-order valence-electron chi connectivity index (χ1n) is 8.97. The minimum Gasteiger partial charge on any atom is -0.352 e. The smallest absolute Gasteiger partial charge is 0.204 e. The zero-order valence-electron chi connectivity index (χ0n) is 15.2. The Kier molecular flexibility index (Phi) is 6.41. The van der Waals surface area contributed by atoms with Gasteiger partial charge in [-0.1, -0.05) is 55.2 Å². The van der Waals surface area contributed by atoms with Crippen LogP contribution in [0.1, 0.15) is 19.4 Å². The van der Waals surface area contributed by atoms with Crippen LogP contribution in [0, 0.1) is 0 Å². The molecule has 0 radical (unpaired) electrons. The van der Waals surface area contributed by atoms with Crippen molar-refractivity contribution >= 4 is 40.2 Å². The van der Waals surface area contributed by atoms with Crippen LogP contribution in [0.4, 0.5) is 5.95 Å². The van der Waals surface area contributed by atoms with Gasteiger partial charge in [0, 0.05) is 19.6 Å². The number of halogens is 2. The molecule has 4 nitrogen and oxygen atoms in total. The van der Waals surface area contributed by atoms with E-state index in [1.165, 1.54) is 0 Å². The summed E-state index contributed by atoms with van der Waals surface area (Å²) in [4.78, 5) is 7.19. The number of para-hydroxylation sites is 2. The van der Waals surface area contributed by atoms with Gasteiger partial charge in [0.15, 0.2) is 0 Å². The molecule has 0 saturated carbocycles. The molecule has 26 heavy (non-hydrogen) atoms. The van der Waals surface area contributed by atoms with Crippen LogP contribution in [-0.2, 0) is 13.1 Å². The molecule has 0 aliphatic carbocycles. The Bertz CT molecular complexity index is 871. The summed E-state index contributed by atoms with van der Waals surface area (Å²) in [6.45, 7) is 9.02. The molecule has 138 valence electrons. The fourth-order valence-electron chi connectivity index (χ4n) is 3.05. The predicted octanol–water partition coefficient (Wildman–Crippen LogP) is 5.30. The van der Waals surface area contributed by atoms with Gasteiger partial charge < -0.3 is 14.8 Å². The van der Waals surface area contributed by atoms with Crippen LogP contribution in [0.2, 0.25) is 10.0 Å². The van der Waals surface area contributed by atoms with Gasteiger partial charge in [0.25, 0.3) is 0 Å². The predicted molar refractivity (Wildman–Crippen MR) is 111 cm³/mol. The zero-order chi connectivity index (χ0) is 18.5. The number of hydrogen-bond donors (Lipinski definition) is 1. The van der Waals surface area contributed by atoms with Crippen molar-refractivity contribution in [3.63, 3.8) is 0 Å². The van der Waals surface area contributed by atoms with Crippen molar-refractivity contribution in [1.82, 2.24) is 14.5 Å². The third-order valence-electron chi connectivity index (χ3n) is 4.62. The van der Waals surface area contributed by atoms with E-state index in [1.807, 2.05) is 30.3 Å². The van der Waals surface area contributed by atoms with Crippen molar-refractivity contribution in [2.45, 2.75) is 26.9 Å². The van der Waals surface area contributed by atoms with Gasteiger partial charge in [-0.15, -0.1) is 0 Å². The highest BCUT2D eigenvalue weighted by Crippen LogP contribution is 2.24. The highest BCUT2D eigenvalue weighted by molar-refractivity contribution is 6.42. The molecule has 1 N–H and O–H groups in total. The van der Waals surface area contributed by atoms with Crippen molar-refractivity contribution in [2.75, 3.05) is 25.0 Å². The molecule has 0 aliphatic rings. The zero-order valence-corrected chi connectivity index (χ0v) is 16.7. The van der Waals surface area contributed by atoms with E-state index in [4.69, 9.17) is 28.2 Å². The molecule has 0 fully saturated rings. The summed E-state index contributed by atoms with van der Waals surface area (Å²) in [5.74, 6) is 0.879. The summed E-state index contributed by atoms with van der Waals surface area (Å²) in [6, 6.07) is 13.9. The second-order valence-electron chi connectivity index (χ2n) is 6.20. The lowest BCUT2D eigenvalue weighted by atomic mass is 10.2. The minimum absolute atomic E-state index is 0.570. The number of benzene rings is 2. The van der Waals surface area contributed by atoms with Gasteiger partial charge >= 0.3 is 0 Å². The Morgan fingerprint density at radius 2 is 1.81 bits per heavy atom. The SMILES string of the molecule is CCN(CC)CCn1c(NCc2ccc(Cl)c(Cl)c2)nc2ccccc21. The van der Waals surface area contributed by atoms with Crippen molar-refractivity contribution < 1.29 is 0 Å². The van der Waals surface area contributed by atoms with Crippen molar-refractivity contribution in [3.8, 4) is 0 Å². The first kappa shape index (κ1) is 19.0. The molecule has 0 saturated heterocycles. The summed E-state index contributed by atoms with van der Waals surface area (Å²) in [5, 5.41) is 4.60. The first-order chi connectivity index (χ1) is 12.6. The van der Waals surface area contributed by atoms with Gasteiger partial charge in [0.1, 0.15) is 0 Å². The Hall–Kier alpha value is -1.75. The molecule has 3 aromatic rings. The van der Waals surface area contributed by atoms with Crippen LogP contribution in [0.3, 0.4) is 0 Å². The van der Waals surface area contributed by atoms with E-state index in [-0.39, 0.29) is 0 Å². The Morgan fingerprint density at radius 3 is 2.54 bits per heavy atom. The summed E-state index contributed by atoms with van der Waals surface area (Å²) >= 11 is 12.1. The largest absolute Gasteiger partial charge is 0.352 e. The second kappa shape index (κ2) is 8.76. The standard InChI is InChI=1S/C20H24Cl2N4/c1-3-25(4-2)11-12-26-19-8-6-5-7-18(19)24-20(26)23-14-15-9-10-16(21)17(22)13-15/h5-10,13H,3-4,11-12,14H2,1-2H3,(H,23,24). The molecule has 6 heteroatoms. The number of anilines is 1. The van der Waals surface area contributed by atoms with Crippen molar-refractivity contribution in [1.29, 1.82) is 0 Å². The lowest BCUT2D eigenvalue weighted by Crippen LogP contribution is -2.27. The van der Waals surface area contributed by atoms with Gasteiger partial charge in [-0.25, -0.2) is 4.98 Å². The molecule has 1 heterocycles. The number of likely N-dealkylation sites (N-methyl/N-ethyl adjacent to an activating group) is 1. The lowest BCUT2D eigenvalue weighted by Gasteiger charge is -2.19. The van der Waals surface area contributed by atoms with Crippen LogP contribution in [0.5, 0.6) is 0 Å². The van der Waals surface area contributed by atoms with Gasteiger partial charge in [0.05, 0.1) is 21.1 Å². The number of nitrogens with one attached hydrogen (secondary N) is 1. The Labute approximate surface area is 164 Å². The van der Waals surface area contributed by atoms with Crippen molar-refractivity contribution in [3.05, 3.63) is 58.1 Å². The molecule has 0 aliphatic heterocycles. The maximum absolute atomic E-state index is 6.12. The van der Waals surface area contributed by atoms with Crippen LogP contribution >= 0.6 is 23.2 Å². The third-order valence-corrected chi connectivity index (χ3v) is 5.36. The number of fused-ring (bicyclic) bond motifs is 1. The Balaban J connectivity index is 1.82. The highest BCUT2D eigenvalue weighted by atomic mass is 35.5. The van der Waals surface area contributed by atoms with Gasteiger partial charge in [-0.2, -0.15) is 0 Å². The first-order valence-corrected chi connectivity index (χ1v) is 9.73. The molecule has 0 amide bonds. The quantitative estimate of drug-likeness (QED) is 0.566. The van der Waals surface area contributed by atoms with Crippen LogP contribution < -0.4 is 5.32 Å². The third kappa shape index (κ3) is 4.32. The van der Waals surface area contributed by atoms with E-state index in [0.29, 0.717) is 16.6 Å². The maximum atomic E-state index is 6.12. The van der Waals surface area contributed by atoms with E-state index in [9.17, 15) is 0 Å². The molecule has 0 atom stereocenters. The fraction of sp³-hybridized carbons (Fsp3) is 0.350. The summed E-state index contributed by atoms with van der Waals surface area (Å²) in [6.07, 6.45) is 0. The van der Waals surface area contributed by atoms with Crippen molar-refractivity contribution in [2.24, 2.45) is 0 Å². The van der Waals surface area contributed by atoms with E-state index >= 15 is 0 Å². The number of hydrogen-bond acceptors (Lipinski definition) is 3. The molecule has 0 unspecified atom stereocenters. The number of rotatable bonds is 8. The topological polar surface area (TPSA) is 33.1 Å². The van der Waals surface area contributed by atoms with Gasteiger partial charge in [-0.3, -0.25) is 0 Å². The van der Waals surface area contributed by atoms with Gasteiger partial charge in [-0.05, 0) is 42.9 Å². The van der Waals surface area contributed by atoms with E-state index in [0.717, 1.165) is 48.7 Å². The van der Waals surface area contributed by atoms with Crippen LogP contribution in [-0.4, -0.2) is 34.1 Å². The van der Waals surface area contributed by atoms with E-state index < -0.39 is 0 Å². The van der Waals surface area contributed by atoms with E-state index in [1.54, 1.807) is 0 Å². The molecule has 3 rings (SSSR count). The maximum Gasteiger partial charge on any atom is 0.204 e. The van der Waals surface area contributed by atoms with E-state index in [2.05, 4.69) is 40.8 Å². The number of aromatic nitrogens is 2. The molecule has 2 aromatic carbocycles. The summed E-state index contributed by atoms with van der Waals surface area (Å²) < 4.78 is 2.26.